The zero-order valence-corrected chi connectivity index (χ0v) is 12.5. The number of aromatic amines is 1. The van der Waals surface area contributed by atoms with Crippen LogP contribution in [0.3, 0.4) is 0 Å². The SMILES string of the molecule is CS(=O)(=O)N1CCC[C@@H](c2cncc(-c3ccn[nH]3)n2)C1. The number of H-pyrrole nitrogens is 1. The first-order valence-corrected chi connectivity index (χ1v) is 8.65. The lowest BCUT2D eigenvalue weighted by Crippen LogP contribution is -2.38. The van der Waals surface area contributed by atoms with E-state index in [0.29, 0.717) is 13.1 Å². The van der Waals surface area contributed by atoms with Crippen molar-refractivity contribution in [1.29, 1.82) is 0 Å². The third-order valence-electron chi connectivity index (χ3n) is 3.70. The fraction of sp³-hybridized carbons (Fsp3) is 0.462. The Bertz CT molecular complexity index is 714. The summed E-state index contributed by atoms with van der Waals surface area (Å²) in [6.45, 7) is 1.06. The predicted octanol–water partition coefficient (Wildman–Crippen LogP) is 1.01. The Labute approximate surface area is 123 Å². The molecule has 3 heterocycles. The van der Waals surface area contributed by atoms with E-state index in [2.05, 4.69) is 20.2 Å². The van der Waals surface area contributed by atoms with Crippen molar-refractivity contribution in [2.45, 2.75) is 18.8 Å². The summed E-state index contributed by atoms with van der Waals surface area (Å²) in [6, 6.07) is 1.83. The molecule has 0 saturated carbocycles. The van der Waals surface area contributed by atoms with Gasteiger partial charge in [0.1, 0.15) is 5.69 Å². The zero-order valence-electron chi connectivity index (χ0n) is 11.7. The Kier molecular flexibility index (Phi) is 3.73. The van der Waals surface area contributed by atoms with Crippen LogP contribution in [-0.4, -0.2) is 52.2 Å². The van der Waals surface area contributed by atoms with Gasteiger partial charge in [0.15, 0.2) is 0 Å². The molecule has 2 aromatic rings. The molecule has 1 aliphatic heterocycles. The number of hydrogen-bond donors (Lipinski definition) is 1. The predicted molar refractivity (Wildman–Crippen MR) is 78.0 cm³/mol. The standard InChI is InChI=1S/C13H17N5O2S/c1-21(19,20)18-6-2-3-10(9-18)12-7-14-8-13(16-12)11-4-5-15-17-11/h4-5,7-8,10H,2-3,6,9H2,1H3,(H,15,17)/t10-/m1/s1. The fourth-order valence-electron chi connectivity index (χ4n) is 2.59. The van der Waals surface area contributed by atoms with Crippen molar-refractivity contribution in [2.75, 3.05) is 19.3 Å². The molecule has 0 unspecified atom stereocenters. The third kappa shape index (κ3) is 3.11. The van der Waals surface area contributed by atoms with E-state index in [1.165, 1.54) is 10.6 Å². The largest absolute Gasteiger partial charge is 0.276 e. The van der Waals surface area contributed by atoms with E-state index in [1.807, 2.05) is 6.07 Å². The molecule has 112 valence electrons. The smallest absolute Gasteiger partial charge is 0.211 e. The minimum absolute atomic E-state index is 0.0869. The highest BCUT2D eigenvalue weighted by Gasteiger charge is 2.27. The van der Waals surface area contributed by atoms with Gasteiger partial charge in [-0.25, -0.2) is 17.7 Å². The molecule has 1 saturated heterocycles. The molecule has 0 aliphatic carbocycles. The van der Waals surface area contributed by atoms with Crippen LogP contribution in [0.4, 0.5) is 0 Å². The molecule has 0 aromatic carbocycles. The normalized spacial score (nSPS) is 20.5. The highest BCUT2D eigenvalue weighted by molar-refractivity contribution is 7.88. The lowest BCUT2D eigenvalue weighted by molar-refractivity contribution is 0.314. The molecule has 1 N–H and O–H groups in total. The first kappa shape index (κ1) is 14.2. The van der Waals surface area contributed by atoms with Crippen molar-refractivity contribution in [3.05, 3.63) is 30.4 Å². The van der Waals surface area contributed by atoms with Crippen LogP contribution in [-0.2, 0) is 10.0 Å². The van der Waals surface area contributed by atoms with Crippen LogP contribution >= 0.6 is 0 Å². The van der Waals surface area contributed by atoms with E-state index < -0.39 is 10.0 Å². The van der Waals surface area contributed by atoms with Gasteiger partial charge < -0.3 is 0 Å². The molecule has 7 nitrogen and oxygen atoms in total. The summed E-state index contributed by atoms with van der Waals surface area (Å²) in [5, 5.41) is 6.76. The maximum Gasteiger partial charge on any atom is 0.211 e. The molecular formula is C13H17N5O2S. The van der Waals surface area contributed by atoms with Crippen LogP contribution in [0.25, 0.3) is 11.4 Å². The minimum atomic E-state index is -3.15. The number of nitrogens with one attached hydrogen (secondary N) is 1. The molecule has 8 heteroatoms. The third-order valence-corrected chi connectivity index (χ3v) is 4.97. The van der Waals surface area contributed by atoms with Gasteiger partial charge >= 0.3 is 0 Å². The van der Waals surface area contributed by atoms with Crippen molar-refractivity contribution in [3.63, 3.8) is 0 Å². The quantitative estimate of drug-likeness (QED) is 0.913. The van der Waals surface area contributed by atoms with Gasteiger partial charge in [0, 0.05) is 31.4 Å². The molecule has 0 spiro atoms. The van der Waals surface area contributed by atoms with Crippen molar-refractivity contribution in [2.24, 2.45) is 0 Å². The topological polar surface area (TPSA) is 91.8 Å². The number of piperidine rings is 1. The molecule has 2 aromatic heterocycles. The fourth-order valence-corrected chi connectivity index (χ4v) is 3.50. The molecule has 21 heavy (non-hydrogen) atoms. The van der Waals surface area contributed by atoms with E-state index in [4.69, 9.17) is 0 Å². The van der Waals surface area contributed by atoms with Gasteiger partial charge in [-0.05, 0) is 18.9 Å². The lowest BCUT2D eigenvalue weighted by atomic mass is 9.96. The summed E-state index contributed by atoms with van der Waals surface area (Å²) in [5.74, 6) is 0.0869. The average molecular weight is 307 g/mol. The molecule has 1 fully saturated rings. The minimum Gasteiger partial charge on any atom is -0.276 e. The number of nitrogens with zero attached hydrogens (tertiary/aromatic N) is 4. The maximum atomic E-state index is 11.7. The highest BCUT2D eigenvalue weighted by atomic mass is 32.2. The van der Waals surface area contributed by atoms with E-state index in [1.54, 1.807) is 18.6 Å². The summed E-state index contributed by atoms with van der Waals surface area (Å²) >= 11 is 0. The second-order valence-corrected chi connectivity index (χ2v) is 7.24. The second-order valence-electron chi connectivity index (χ2n) is 5.26. The van der Waals surface area contributed by atoms with Crippen LogP contribution in [0.15, 0.2) is 24.7 Å². The maximum absolute atomic E-state index is 11.7. The summed E-state index contributed by atoms with van der Waals surface area (Å²) in [6.07, 6.45) is 8.07. The van der Waals surface area contributed by atoms with Gasteiger partial charge in [0.25, 0.3) is 0 Å². The first-order valence-electron chi connectivity index (χ1n) is 6.81. The summed E-state index contributed by atoms with van der Waals surface area (Å²) in [4.78, 5) is 8.82. The summed E-state index contributed by atoms with van der Waals surface area (Å²) in [5.41, 5.74) is 2.36. The number of rotatable bonds is 3. The lowest BCUT2D eigenvalue weighted by Gasteiger charge is -2.30. The van der Waals surface area contributed by atoms with Crippen molar-refractivity contribution >= 4 is 10.0 Å². The molecule has 0 radical (unpaired) electrons. The Morgan fingerprint density at radius 1 is 1.38 bits per heavy atom. The van der Waals surface area contributed by atoms with Crippen LogP contribution in [0.5, 0.6) is 0 Å². The first-order chi connectivity index (χ1) is 10.0. The van der Waals surface area contributed by atoms with Gasteiger partial charge in [-0.15, -0.1) is 0 Å². The highest BCUT2D eigenvalue weighted by Crippen LogP contribution is 2.27. The van der Waals surface area contributed by atoms with E-state index >= 15 is 0 Å². The number of sulfonamides is 1. The van der Waals surface area contributed by atoms with Gasteiger partial charge in [-0.2, -0.15) is 5.10 Å². The monoisotopic (exact) mass is 307 g/mol. The van der Waals surface area contributed by atoms with Gasteiger partial charge in [-0.1, -0.05) is 0 Å². The van der Waals surface area contributed by atoms with E-state index in [0.717, 1.165) is 29.9 Å². The molecule has 0 amide bonds. The van der Waals surface area contributed by atoms with Crippen molar-refractivity contribution < 1.29 is 8.42 Å². The van der Waals surface area contributed by atoms with Crippen LogP contribution < -0.4 is 0 Å². The van der Waals surface area contributed by atoms with Crippen LogP contribution in [0.1, 0.15) is 24.5 Å². The molecule has 1 atom stereocenters. The molecule has 0 bridgehead atoms. The zero-order chi connectivity index (χ0) is 14.9. The summed E-state index contributed by atoms with van der Waals surface area (Å²) in [7, 11) is -3.15. The van der Waals surface area contributed by atoms with Gasteiger partial charge in [0.2, 0.25) is 10.0 Å². The van der Waals surface area contributed by atoms with Crippen molar-refractivity contribution in [3.8, 4) is 11.4 Å². The summed E-state index contributed by atoms with van der Waals surface area (Å²) < 4.78 is 24.9. The Hall–Kier alpha value is -1.80. The Morgan fingerprint density at radius 3 is 2.95 bits per heavy atom. The van der Waals surface area contributed by atoms with Gasteiger partial charge in [-0.3, -0.25) is 10.1 Å². The Balaban J connectivity index is 1.85. The molecule has 1 aliphatic rings. The van der Waals surface area contributed by atoms with E-state index in [9.17, 15) is 8.42 Å². The molecular weight excluding hydrogens is 290 g/mol. The van der Waals surface area contributed by atoms with Crippen LogP contribution in [0.2, 0.25) is 0 Å². The number of aromatic nitrogens is 4. The molecule has 3 rings (SSSR count). The van der Waals surface area contributed by atoms with Crippen LogP contribution in [0, 0.1) is 0 Å². The average Bonchev–Trinajstić information content (AvgIpc) is 3.01. The number of hydrogen-bond acceptors (Lipinski definition) is 5. The Morgan fingerprint density at radius 2 is 2.24 bits per heavy atom. The second kappa shape index (κ2) is 5.53. The van der Waals surface area contributed by atoms with Gasteiger partial charge in [0.05, 0.1) is 23.8 Å². The van der Waals surface area contributed by atoms with Crippen molar-refractivity contribution in [1.82, 2.24) is 24.5 Å². The van der Waals surface area contributed by atoms with E-state index in [-0.39, 0.29) is 5.92 Å².